The lowest BCUT2D eigenvalue weighted by atomic mass is 9.83. The van der Waals surface area contributed by atoms with Gasteiger partial charge >= 0.3 is 0 Å². The average Bonchev–Trinajstić information content (AvgIpc) is 2.06. The summed E-state index contributed by atoms with van der Waals surface area (Å²) in [7, 11) is 0. The van der Waals surface area contributed by atoms with Crippen LogP contribution in [0.5, 0.6) is 0 Å². The Kier molecular flexibility index (Phi) is 2.35. The molecule has 1 aliphatic heterocycles. The van der Waals surface area contributed by atoms with Crippen LogP contribution in [0.25, 0.3) is 0 Å². The van der Waals surface area contributed by atoms with Crippen molar-refractivity contribution in [3.05, 3.63) is 0 Å². The van der Waals surface area contributed by atoms with Crippen LogP contribution < -0.4 is 10.6 Å². The number of hydrogen-bond donors (Lipinski definition) is 2. The zero-order chi connectivity index (χ0) is 7.68. The van der Waals surface area contributed by atoms with Gasteiger partial charge in [0.25, 0.3) is 0 Å². The minimum absolute atomic E-state index is 0.210. The molecule has 0 bridgehead atoms. The van der Waals surface area contributed by atoms with Crippen LogP contribution in [0.3, 0.4) is 0 Å². The molecule has 1 aliphatic carbocycles. The molecule has 2 fully saturated rings. The van der Waals surface area contributed by atoms with Gasteiger partial charge in [0, 0.05) is 18.6 Å². The van der Waals surface area contributed by atoms with Crippen LogP contribution in [0.2, 0.25) is 0 Å². The van der Waals surface area contributed by atoms with E-state index in [2.05, 4.69) is 10.6 Å². The predicted octanol–water partition coefficient (Wildman–Crippen LogP) is 1.26. The third-order valence-electron chi connectivity index (χ3n) is 2.86. The zero-order valence-corrected chi connectivity index (χ0v) is 7.40. The van der Waals surface area contributed by atoms with Gasteiger partial charge in [-0.15, -0.1) is 11.6 Å². The third-order valence-corrected chi connectivity index (χ3v) is 3.33. The molecule has 1 saturated heterocycles. The average molecular weight is 175 g/mol. The summed E-state index contributed by atoms with van der Waals surface area (Å²) in [6.45, 7) is 0.884. The van der Waals surface area contributed by atoms with Crippen LogP contribution >= 0.6 is 11.6 Å². The van der Waals surface area contributed by atoms with Gasteiger partial charge in [0.2, 0.25) is 0 Å². The van der Waals surface area contributed by atoms with E-state index < -0.39 is 0 Å². The molecule has 2 rings (SSSR count). The normalized spacial score (nSPS) is 45.0. The van der Waals surface area contributed by atoms with E-state index in [1.807, 2.05) is 0 Å². The van der Waals surface area contributed by atoms with Crippen molar-refractivity contribution in [3.63, 3.8) is 0 Å². The van der Waals surface area contributed by atoms with Gasteiger partial charge in [-0.1, -0.05) is 12.8 Å². The highest BCUT2D eigenvalue weighted by atomic mass is 35.5. The standard InChI is InChI=1S/C8H15ClN2/c9-8-6-3-1-2-4-7(6)10-5-11-8/h6-8,10-11H,1-5H2. The first-order chi connectivity index (χ1) is 5.38. The molecule has 0 spiro atoms. The quantitative estimate of drug-likeness (QED) is 0.427. The van der Waals surface area contributed by atoms with Crippen LogP contribution in [0.4, 0.5) is 0 Å². The Morgan fingerprint density at radius 3 is 2.73 bits per heavy atom. The molecular weight excluding hydrogens is 160 g/mol. The van der Waals surface area contributed by atoms with Crippen molar-refractivity contribution >= 4 is 11.6 Å². The summed E-state index contributed by atoms with van der Waals surface area (Å²) in [6.07, 6.45) is 5.33. The first kappa shape index (κ1) is 7.84. The monoisotopic (exact) mass is 174 g/mol. The summed E-state index contributed by atoms with van der Waals surface area (Å²) in [5, 5.41) is 6.69. The fraction of sp³-hybridized carbons (Fsp3) is 1.00. The molecular formula is C8H15ClN2. The van der Waals surface area contributed by atoms with E-state index in [4.69, 9.17) is 11.6 Å². The van der Waals surface area contributed by atoms with E-state index in [0.717, 1.165) is 6.67 Å². The van der Waals surface area contributed by atoms with Crippen molar-refractivity contribution in [1.82, 2.24) is 10.6 Å². The summed E-state index contributed by atoms with van der Waals surface area (Å²) in [4.78, 5) is 0. The van der Waals surface area contributed by atoms with Gasteiger partial charge in [0.05, 0.1) is 5.50 Å². The summed E-state index contributed by atoms with van der Waals surface area (Å²) < 4.78 is 0. The van der Waals surface area contributed by atoms with Crippen molar-refractivity contribution < 1.29 is 0 Å². The number of hydrogen-bond acceptors (Lipinski definition) is 2. The molecule has 2 aliphatic rings. The Morgan fingerprint density at radius 1 is 1.09 bits per heavy atom. The summed E-state index contributed by atoms with van der Waals surface area (Å²) in [5.41, 5.74) is 0.210. The topological polar surface area (TPSA) is 24.1 Å². The second-order valence-electron chi connectivity index (χ2n) is 3.54. The minimum atomic E-state index is 0.210. The van der Waals surface area contributed by atoms with Crippen LogP contribution in [0.1, 0.15) is 25.7 Å². The minimum Gasteiger partial charge on any atom is -0.301 e. The zero-order valence-electron chi connectivity index (χ0n) is 6.65. The Hall–Kier alpha value is 0.210. The fourth-order valence-electron chi connectivity index (χ4n) is 2.20. The first-order valence-electron chi connectivity index (χ1n) is 4.49. The van der Waals surface area contributed by atoms with Gasteiger partial charge in [-0.25, -0.2) is 0 Å². The maximum absolute atomic E-state index is 6.14. The molecule has 64 valence electrons. The third kappa shape index (κ3) is 1.53. The Labute approximate surface area is 72.7 Å². The molecule has 0 amide bonds. The molecule has 3 atom stereocenters. The van der Waals surface area contributed by atoms with Crippen molar-refractivity contribution in [1.29, 1.82) is 0 Å². The van der Waals surface area contributed by atoms with E-state index in [-0.39, 0.29) is 5.50 Å². The first-order valence-corrected chi connectivity index (χ1v) is 4.92. The second kappa shape index (κ2) is 3.30. The number of alkyl halides is 1. The lowest BCUT2D eigenvalue weighted by molar-refractivity contribution is 0.195. The maximum Gasteiger partial charge on any atom is 0.0878 e. The number of fused-ring (bicyclic) bond motifs is 1. The molecule has 0 aromatic rings. The van der Waals surface area contributed by atoms with Gasteiger partial charge < -0.3 is 5.32 Å². The largest absolute Gasteiger partial charge is 0.301 e. The Balaban J connectivity index is 1.99. The van der Waals surface area contributed by atoms with Crippen LogP contribution in [0.15, 0.2) is 0 Å². The highest BCUT2D eigenvalue weighted by molar-refractivity contribution is 6.20. The smallest absolute Gasteiger partial charge is 0.0878 e. The van der Waals surface area contributed by atoms with Crippen molar-refractivity contribution in [3.8, 4) is 0 Å². The van der Waals surface area contributed by atoms with E-state index >= 15 is 0 Å². The Bertz CT molecular complexity index is 138. The second-order valence-corrected chi connectivity index (χ2v) is 4.01. The van der Waals surface area contributed by atoms with Gasteiger partial charge in [0.15, 0.2) is 0 Å². The van der Waals surface area contributed by atoms with Crippen molar-refractivity contribution in [2.24, 2.45) is 5.92 Å². The van der Waals surface area contributed by atoms with E-state index in [0.29, 0.717) is 12.0 Å². The molecule has 0 aromatic carbocycles. The SMILES string of the molecule is ClC1NCNC2CCCCC12. The van der Waals surface area contributed by atoms with Crippen LogP contribution in [0, 0.1) is 5.92 Å². The van der Waals surface area contributed by atoms with Crippen LogP contribution in [-0.4, -0.2) is 18.2 Å². The molecule has 1 heterocycles. The molecule has 0 aromatic heterocycles. The van der Waals surface area contributed by atoms with Gasteiger partial charge in [-0.05, 0) is 12.8 Å². The highest BCUT2D eigenvalue weighted by Gasteiger charge is 2.32. The van der Waals surface area contributed by atoms with Gasteiger partial charge in [-0.3, -0.25) is 5.32 Å². The van der Waals surface area contributed by atoms with E-state index in [1.54, 1.807) is 0 Å². The van der Waals surface area contributed by atoms with Gasteiger partial charge in [-0.2, -0.15) is 0 Å². The number of nitrogens with one attached hydrogen (secondary N) is 2. The van der Waals surface area contributed by atoms with Crippen LogP contribution in [-0.2, 0) is 0 Å². The molecule has 3 unspecified atom stereocenters. The predicted molar refractivity (Wildman–Crippen MR) is 46.5 cm³/mol. The molecule has 2 nitrogen and oxygen atoms in total. The number of rotatable bonds is 0. The van der Waals surface area contributed by atoms with E-state index in [9.17, 15) is 0 Å². The number of halogens is 1. The highest BCUT2D eigenvalue weighted by Crippen LogP contribution is 2.30. The maximum atomic E-state index is 6.14. The van der Waals surface area contributed by atoms with Crippen molar-refractivity contribution in [2.75, 3.05) is 6.67 Å². The van der Waals surface area contributed by atoms with Crippen molar-refractivity contribution in [2.45, 2.75) is 37.2 Å². The Morgan fingerprint density at radius 2 is 1.91 bits per heavy atom. The molecule has 11 heavy (non-hydrogen) atoms. The van der Waals surface area contributed by atoms with E-state index in [1.165, 1.54) is 25.7 Å². The fourth-order valence-corrected chi connectivity index (χ4v) is 2.58. The summed E-state index contributed by atoms with van der Waals surface area (Å²) in [5.74, 6) is 0.666. The molecule has 3 heteroatoms. The molecule has 1 saturated carbocycles. The van der Waals surface area contributed by atoms with Gasteiger partial charge in [0.1, 0.15) is 0 Å². The lowest BCUT2D eigenvalue weighted by Crippen LogP contribution is -2.56. The summed E-state index contributed by atoms with van der Waals surface area (Å²) >= 11 is 6.14. The molecule has 0 radical (unpaired) electrons. The summed E-state index contributed by atoms with van der Waals surface area (Å²) in [6, 6.07) is 0.687. The lowest BCUT2D eigenvalue weighted by Gasteiger charge is -2.39. The molecule has 2 N–H and O–H groups in total.